The van der Waals surface area contributed by atoms with E-state index in [1.807, 2.05) is 67.6 Å². The Bertz CT molecular complexity index is 1900. The van der Waals surface area contributed by atoms with Gasteiger partial charge in [0.1, 0.15) is 17.3 Å². The Kier molecular flexibility index (Phi) is 9.90. The Morgan fingerprint density at radius 1 is 0.880 bits per heavy atom. The van der Waals surface area contributed by atoms with Crippen molar-refractivity contribution >= 4 is 47.9 Å². The van der Waals surface area contributed by atoms with Crippen LogP contribution in [0, 0.1) is 5.82 Å². The maximum atomic E-state index is 15.5. The van der Waals surface area contributed by atoms with E-state index in [1.54, 1.807) is 30.3 Å². The molecule has 1 N–H and O–H groups in total. The van der Waals surface area contributed by atoms with Crippen molar-refractivity contribution in [3.05, 3.63) is 121 Å². The van der Waals surface area contributed by atoms with Crippen LogP contribution in [0.4, 0.5) is 32.3 Å². The maximum absolute atomic E-state index is 15.5. The Morgan fingerprint density at radius 3 is 2.04 bits per heavy atom. The number of amides is 2. The van der Waals surface area contributed by atoms with Crippen LogP contribution in [0.2, 0.25) is 5.04 Å². The first kappa shape index (κ1) is 34.6. The third kappa shape index (κ3) is 6.66. The zero-order chi connectivity index (χ0) is 35.5. The number of rotatable bonds is 11. The van der Waals surface area contributed by atoms with Gasteiger partial charge in [-0.15, -0.1) is 0 Å². The van der Waals surface area contributed by atoms with E-state index in [9.17, 15) is 4.79 Å². The predicted molar refractivity (Wildman–Crippen MR) is 198 cm³/mol. The highest BCUT2D eigenvalue weighted by molar-refractivity contribution is 6.99. The first-order valence-electron chi connectivity index (χ1n) is 16.5. The zero-order valence-corrected chi connectivity index (χ0v) is 30.2. The van der Waals surface area contributed by atoms with Crippen LogP contribution in [-0.2, 0) is 11.0 Å². The second-order valence-corrected chi connectivity index (χ2v) is 17.6. The van der Waals surface area contributed by atoms with Gasteiger partial charge in [0.2, 0.25) is 5.95 Å². The molecule has 6 rings (SSSR count). The van der Waals surface area contributed by atoms with Crippen LogP contribution in [0.1, 0.15) is 33.3 Å². The number of hydrogen-bond donors (Lipinski definition) is 1. The number of nitrogens with one attached hydrogen (secondary N) is 1. The van der Waals surface area contributed by atoms with Crippen LogP contribution in [0.25, 0.3) is 0 Å². The van der Waals surface area contributed by atoms with Crippen LogP contribution in [0.15, 0.2) is 109 Å². The third-order valence-corrected chi connectivity index (χ3v) is 14.0. The molecule has 0 spiro atoms. The number of fused-ring (bicyclic) bond motifs is 1. The van der Waals surface area contributed by atoms with Gasteiger partial charge in [-0.2, -0.15) is 4.98 Å². The second-order valence-electron chi connectivity index (χ2n) is 13.3. The minimum Gasteiger partial charge on any atom is -0.497 e. The van der Waals surface area contributed by atoms with Gasteiger partial charge in [-0.1, -0.05) is 81.4 Å². The number of anilines is 4. The Labute approximate surface area is 293 Å². The van der Waals surface area contributed by atoms with Gasteiger partial charge < -0.3 is 19.2 Å². The number of benzene rings is 4. The quantitative estimate of drug-likeness (QED) is 0.146. The van der Waals surface area contributed by atoms with Crippen molar-refractivity contribution in [2.24, 2.45) is 0 Å². The highest BCUT2D eigenvalue weighted by Crippen LogP contribution is 2.38. The van der Waals surface area contributed by atoms with Crippen molar-refractivity contribution in [3.8, 4) is 11.5 Å². The summed E-state index contributed by atoms with van der Waals surface area (Å²) < 4.78 is 33.3. The van der Waals surface area contributed by atoms with Crippen LogP contribution in [0.3, 0.4) is 0 Å². The van der Waals surface area contributed by atoms with Crippen molar-refractivity contribution in [1.29, 1.82) is 0 Å². The topological polar surface area (TPSA) is 89.1 Å². The summed E-state index contributed by atoms with van der Waals surface area (Å²) in [5.74, 6) is 1.26. The van der Waals surface area contributed by atoms with E-state index in [-0.39, 0.29) is 23.9 Å². The Balaban J connectivity index is 1.40. The average Bonchev–Trinajstić information content (AvgIpc) is 3.12. The molecule has 1 aliphatic heterocycles. The van der Waals surface area contributed by atoms with Gasteiger partial charge in [-0.3, -0.25) is 9.80 Å². The second kappa shape index (κ2) is 14.3. The summed E-state index contributed by atoms with van der Waals surface area (Å²) in [5, 5.41) is 5.23. The molecule has 9 nitrogen and oxygen atoms in total. The molecule has 1 aromatic heterocycles. The number of methoxy groups -OCH3 is 2. The number of ether oxygens (including phenoxy) is 2. The maximum Gasteiger partial charge on any atom is 0.330 e. The molecule has 0 bridgehead atoms. The molecular weight excluding hydrogens is 650 g/mol. The zero-order valence-electron chi connectivity index (χ0n) is 29.2. The summed E-state index contributed by atoms with van der Waals surface area (Å²) in [6, 6.07) is 31.6. The van der Waals surface area contributed by atoms with E-state index in [0.29, 0.717) is 23.1 Å². The molecule has 50 heavy (non-hydrogen) atoms. The summed E-state index contributed by atoms with van der Waals surface area (Å²) >= 11 is 0. The van der Waals surface area contributed by atoms with Gasteiger partial charge in [0, 0.05) is 23.5 Å². The van der Waals surface area contributed by atoms with E-state index in [2.05, 4.69) is 55.3 Å². The summed E-state index contributed by atoms with van der Waals surface area (Å²) in [6.07, 6.45) is 1.68. The van der Waals surface area contributed by atoms with Gasteiger partial charge in [0.05, 0.1) is 39.1 Å². The van der Waals surface area contributed by atoms with E-state index < -0.39 is 26.2 Å². The molecule has 1 aliphatic rings. The minimum absolute atomic E-state index is 0.0824. The number of aromatic nitrogens is 2. The molecule has 0 aliphatic carbocycles. The Morgan fingerprint density at radius 2 is 1.48 bits per heavy atom. The lowest BCUT2D eigenvalue weighted by molar-refractivity contribution is 0.236. The fourth-order valence-electron chi connectivity index (χ4n) is 6.54. The van der Waals surface area contributed by atoms with Crippen LogP contribution < -0.4 is 35.0 Å². The van der Waals surface area contributed by atoms with Crippen LogP contribution in [-0.4, -0.2) is 51.2 Å². The highest BCUT2D eigenvalue weighted by Gasteiger charge is 2.51. The molecule has 258 valence electrons. The summed E-state index contributed by atoms with van der Waals surface area (Å²) in [4.78, 5) is 27.0. The summed E-state index contributed by atoms with van der Waals surface area (Å²) in [6.45, 7) is 8.85. The number of hydrogen-bond acceptors (Lipinski definition) is 7. The molecule has 5 aromatic rings. The monoisotopic (exact) mass is 691 g/mol. The number of nitrogens with zero attached hydrogens (tertiary/aromatic N) is 4. The number of carbonyl (C=O) groups is 1. The fraction of sp³-hybridized carbons (Fsp3) is 0.256. The molecule has 11 heteroatoms. The molecule has 2 amide bonds. The highest BCUT2D eigenvalue weighted by atomic mass is 28.4. The van der Waals surface area contributed by atoms with E-state index in [1.165, 1.54) is 18.1 Å². The van der Waals surface area contributed by atoms with Gasteiger partial charge in [-0.05, 0) is 58.7 Å². The third-order valence-electron chi connectivity index (χ3n) is 9.03. The van der Waals surface area contributed by atoms with Crippen molar-refractivity contribution in [2.75, 3.05) is 35.9 Å². The Hall–Kier alpha value is -5.26. The van der Waals surface area contributed by atoms with Crippen molar-refractivity contribution in [3.63, 3.8) is 0 Å². The minimum atomic E-state index is -2.94. The van der Waals surface area contributed by atoms with Gasteiger partial charge in [0.25, 0.3) is 8.32 Å². The molecule has 0 saturated heterocycles. The lowest BCUT2D eigenvalue weighted by atomic mass is 10.1. The number of urea groups is 1. The van der Waals surface area contributed by atoms with Gasteiger partial charge in [0.15, 0.2) is 5.82 Å². The molecule has 0 fully saturated rings. The molecule has 0 unspecified atom stereocenters. The summed E-state index contributed by atoms with van der Waals surface area (Å²) in [7, 11) is 0.144. The van der Waals surface area contributed by atoms with Crippen molar-refractivity contribution in [2.45, 2.75) is 45.3 Å². The van der Waals surface area contributed by atoms with Crippen LogP contribution >= 0.6 is 0 Å². The SMILES string of the molecule is COc1ccc(Nc2ncc3c(n2)N([C@@H](C)CO[Si](c2ccccc2)(c2ccccc2)C(C)(C)C)C(=O)N(c2ccc(OC)cc2F)C3)cc1. The predicted octanol–water partition coefficient (Wildman–Crippen LogP) is 7.29. The van der Waals surface area contributed by atoms with E-state index in [0.717, 1.165) is 21.8 Å². The first-order chi connectivity index (χ1) is 24.1. The lowest BCUT2D eigenvalue weighted by Gasteiger charge is -2.45. The molecule has 4 aromatic carbocycles. The molecule has 2 heterocycles. The molecule has 0 radical (unpaired) electrons. The van der Waals surface area contributed by atoms with Gasteiger partial charge >= 0.3 is 6.03 Å². The number of carbonyl (C=O) groups excluding carboxylic acids is 1. The summed E-state index contributed by atoms with van der Waals surface area (Å²) in [5.41, 5.74) is 1.55. The van der Waals surface area contributed by atoms with Crippen molar-refractivity contribution in [1.82, 2.24) is 9.97 Å². The smallest absolute Gasteiger partial charge is 0.330 e. The van der Waals surface area contributed by atoms with Gasteiger partial charge in [-0.25, -0.2) is 14.2 Å². The van der Waals surface area contributed by atoms with E-state index >= 15 is 4.39 Å². The first-order valence-corrected chi connectivity index (χ1v) is 18.4. The standard InChI is InChI=1S/C39H42FN5O4Si/c1-27(26-49-50(39(2,3)4,32-13-9-7-10-14-32)33-15-11-8-12-16-33)45-36-28(24-41-37(43-36)42-29-17-19-30(47-5)20-18-29)25-44(38(45)46)35-22-21-31(48-6)23-34(35)40/h7-24,27H,25-26H2,1-6H3,(H,41,42,43)/t27-/m0/s1. The molecule has 1 atom stereocenters. The van der Waals surface area contributed by atoms with E-state index in [4.69, 9.17) is 18.9 Å². The molecular formula is C39H42FN5O4Si. The normalized spacial score (nSPS) is 13.9. The van der Waals surface area contributed by atoms with Crippen molar-refractivity contribution < 1.29 is 23.1 Å². The molecule has 0 saturated carbocycles. The lowest BCUT2D eigenvalue weighted by Crippen LogP contribution is -2.67. The fourth-order valence-corrected chi connectivity index (χ4v) is 11.2. The largest absolute Gasteiger partial charge is 0.497 e. The average molecular weight is 692 g/mol. The number of halogens is 1. The van der Waals surface area contributed by atoms with Crippen LogP contribution in [0.5, 0.6) is 11.5 Å².